The van der Waals surface area contributed by atoms with E-state index in [1.807, 2.05) is 30.5 Å². The molecular formula is C45H53Cl2N3O6. The maximum absolute atomic E-state index is 5.62. The molecule has 0 saturated carbocycles. The lowest BCUT2D eigenvalue weighted by Crippen LogP contribution is -2.44. The molecule has 0 N–H and O–H groups in total. The lowest BCUT2D eigenvalue weighted by Gasteiger charge is -2.40. The number of piperidine rings is 1. The molecule has 1 fully saturated rings. The average Bonchev–Trinajstić information content (AvgIpc) is 3.70. The van der Waals surface area contributed by atoms with Crippen molar-refractivity contribution < 1.29 is 28.4 Å². The lowest BCUT2D eigenvalue weighted by atomic mass is 9.98. The predicted octanol–water partition coefficient (Wildman–Crippen LogP) is 9.47. The Kier molecular flexibility index (Phi) is 14.6. The Balaban J connectivity index is 0.00000300. The fourth-order valence-electron chi connectivity index (χ4n) is 8.02. The van der Waals surface area contributed by atoms with Gasteiger partial charge in [0, 0.05) is 49.7 Å². The number of pyridine rings is 1. The van der Waals surface area contributed by atoms with E-state index in [1.54, 1.807) is 42.7 Å². The van der Waals surface area contributed by atoms with Gasteiger partial charge in [-0.05, 0) is 114 Å². The third-order valence-corrected chi connectivity index (χ3v) is 10.9. The first-order chi connectivity index (χ1) is 26.4. The Labute approximate surface area is 343 Å². The topological polar surface area (TPSA) is 74.8 Å². The Morgan fingerprint density at radius 1 is 0.589 bits per heavy atom. The first-order valence-corrected chi connectivity index (χ1v) is 18.7. The molecule has 1 saturated heterocycles. The number of anilines is 1. The van der Waals surface area contributed by atoms with Crippen LogP contribution in [0.15, 0.2) is 85.1 Å². The second-order valence-electron chi connectivity index (χ2n) is 14.0. The van der Waals surface area contributed by atoms with Crippen LogP contribution < -0.4 is 33.3 Å². The summed E-state index contributed by atoms with van der Waals surface area (Å²) < 4.78 is 33.5. The van der Waals surface area contributed by atoms with Crippen molar-refractivity contribution in [3.63, 3.8) is 0 Å². The maximum Gasteiger partial charge on any atom is 0.203 e. The lowest BCUT2D eigenvalue weighted by molar-refractivity contribution is 0.201. The van der Waals surface area contributed by atoms with Crippen LogP contribution in [0.25, 0.3) is 22.4 Å². The zero-order valence-electron chi connectivity index (χ0n) is 33.1. The Bertz CT molecular complexity index is 2020. The first kappa shape index (κ1) is 42.3. The van der Waals surface area contributed by atoms with E-state index in [2.05, 4.69) is 64.4 Å². The molecule has 9 nitrogen and oxygen atoms in total. The zero-order chi connectivity index (χ0) is 37.6. The van der Waals surface area contributed by atoms with Gasteiger partial charge in [0.05, 0.1) is 48.4 Å². The molecule has 4 aromatic carbocycles. The second-order valence-corrected chi connectivity index (χ2v) is 14.0. The zero-order valence-corrected chi connectivity index (χ0v) is 34.8. The van der Waals surface area contributed by atoms with Gasteiger partial charge in [-0.3, -0.25) is 9.88 Å². The fraction of sp³-hybridized carbons (Fsp3) is 0.356. The molecule has 2 aliphatic rings. The van der Waals surface area contributed by atoms with Crippen LogP contribution in [-0.4, -0.2) is 71.7 Å². The van der Waals surface area contributed by atoms with Crippen molar-refractivity contribution in [3.8, 4) is 56.9 Å². The van der Waals surface area contributed by atoms with Crippen molar-refractivity contribution >= 4 is 30.5 Å². The molecular weight excluding hydrogens is 749 g/mol. The Morgan fingerprint density at radius 3 is 1.73 bits per heavy atom. The number of aryl methyl sites for hydroxylation is 2. The molecule has 298 valence electrons. The van der Waals surface area contributed by atoms with Crippen LogP contribution >= 0.6 is 24.8 Å². The Hall–Kier alpha value is -4.83. The van der Waals surface area contributed by atoms with Gasteiger partial charge in [0.2, 0.25) is 11.5 Å². The predicted molar refractivity (Wildman–Crippen MR) is 228 cm³/mol. The van der Waals surface area contributed by atoms with Crippen LogP contribution in [0, 0.1) is 0 Å². The van der Waals surface area contributed by atoms with Crippen LogP contribution in [0.3, 0.4) is 0 Å². The molecule has 0 amide bonds. The Morgan fingerprint density at radius 2 is 1.16 bits per heavy atom. The summed E-state index contributed by atoms with van der Waals surface area (Å²) in [6.45, 7) is 3.76. The average molecular weight is 803 g/mol. The molecule has 2 heterocycles. The van der Waals surface area contributed by atoms with E-state index in [1.165, 1.54) is 47.2 Å². The summed E-state index contributed by atoms with van der Waals surface area (Å²) in [4.78, 5) is 9.91. The first-order valence-electron chi connectivity index (χ1n) is 18.7. The largest absolute Gasteiger partial charge is 0.493 e. The van der Waals surface area contributed by atoms with E-state index >= 15 is 0 Å². The monoisotopic (exact) mass is 801 g/mol. The molecule has 1 aromatic heterocycles. The number of nitrogens with zero attached hydrogens (tertiary/aromatic N) is 3. The van der Waals surface area contributed by atoms with Crippen molar-refractivity contribution in [2.24, 2.45) is 0 Å². The van der Waals surface area contributed by atoms with Crippen molar-refractivity contribution in [2.75, 3.05) is 60.6 Å². The van der Waals surface area contributed by atoms with E-state index < -0.39 is 0 Å². The van der Waals surface area contributed by atoms with Crippen molar-refractivity contribution in [3.05, 3.63) is 107 Å². The number of hydrogen-bond acceptors (Lipinski definition) is 9. The molecule has 7 rings (SSSR count). The van der Waals surface area contributed by atoms with E-state index in [0.29, 0.717) is 40.5 Å². The highest BCUT2D eigenvalue weighted by molar-refractivity contribution is 5.85. The minimum absolute atomic E-state index is 0. The molecule has 5 aromatic rings. The number of ether oxygens (including phenoxy) is 6. The summed E-state index contributed by atoms with van der Waals surface area (Å²) in [5.41, 5.74) is 10.8. The van der Waals surface area contributed by atoms with Gasteiger partial charge in [-0.1, -0.05) is 30.3 Å². The molecule has 11 heteroatoms. The van der Waals surface area contributed by atoms with Gasteiger partial charge < -0.3 is 33.3 Å². The number of aromatic nitrogens is 1. The summed E-state index contributed by atoms with van der Waals surface area (Å²) in [7, 11) is 9.81. The van der Waals surface area contributed by atoms with Crippen LogP contribution in [0.5, 0.6) is 34.5 Å². The molecule has 0 bridgehead atoms. The van der Waals surface area contributed by atoms with Crippen LogP contribution in [0.4, 0.5) is 5.69 Å². The normalized spacial score (nSPS) is 13.8. The van der Waals surface area contributed by atoms with Gasteiger partial charge in [-0.2, -0.15) is 0 Å². The third kappa shape index (κ3) is 9.07. The highest BCUT2D eigenvalue weighted by Crippen LogP contribution is 2.42. The molecule has 1 aliphatic heterocycles. The van der Waals surface area contributed by atoms with E-state index in [-0.39, 0.29) is 24.8 Å². The number of benzene rings is 4. The van der Waals surface area contributed by atoms with Crippen LogP contribution in [0.2, 0.25) is 0 Å². The summed E-state index contributed by atoms with van der Waals surface area (Å²) in [6.07, 6.45) is 7.67. The molecule has 0 unspecified atom stereocenters. The summed E-state index contributed by atoms with van der Waals surface area (Å²) in [5.74, 6) is 3.69. The van der Waals surface area contributed by atoms with Crippen LogP contribution in [-0.2, 0) is 25.9 Å². The fourth-order valence-corrected chi connectivity index (χ4v) is 8.02. The quantitative estimate of drug-likeness (QED) is 0.109. The van der Waals surface area contributed by atoms with Crippen molar-refractivity contribution in [1.29, 1.82) is 0 Å². The van der Waals surface area contributed by atoms with Gasteiger partial charge in [0.1, 0.15) is 0 Å². The molecule has 56 heavy (non-hydrogen) atoms. The second kappa shape index (κ2) is 19.4. The van der Waals surface area contributed by atoms with Gasteiger partial charge in [0.15, 0.2) is 23.0 Å². The van der Waals surface area contributed by atoms with Gasteiger partial charge in [-0.25, -0.2) is 0 Å². The number of hydrogen-bond donors (Lipinski definition) is 0. The maximum atomic E-state index is 5.62. The number of methoxy groups -OCH3 is 6. The molecule has 0 atom stereocenters. The van der Waals surface area contributed by atoms with Gasteiger partial charge in [-0.15, -0.1) is 24.8 Å². The van der Waals surface area contributed by atoms with Crippen molar-refractivity contribution in [1.82, 2.24) is 9.88 Å². The smallest absolute Gasteiger partial charge is 0.203 e. The van der Waals surface area contributed by atoms with Crippen molar-refractivity contribution in [2.45, 2.75) is 51.2 Å². The number of likely N-dealkylation sites (tertiary alicyclic amines) is 1. The highest BCUT2D eigenvalue weighted by Gasteiger charge is 2.27. The van der Waals surface area contributed by atoms with E-state index in [0.717, 1.165) is 61.4 Å². The van der Waals surface area contributed by atoms with Crippen LogP contribution in [0.1, 0.15) is 41.5 Å². The molecule has 0 spiro atoms. The minimum Gasteiger partial charge on any atom is -0.493 e. The molecule has 0 radical (unpaired) electrons. The minimum atomic E-state index is 0. The number of fused-ring (bicyclic) bond motifs is 1. The highest BCUT2D eigenvalue weighted by atomic mass is 35.5. The summed E-state index contributed by atoms with van der Waals surface area (Å²) >= 11 is 0. The van der Waals surface area contributed by atoms with E-state index in [9.17, 15) is 0 Å². The number of halogens is 2. The SMILES string of the molecule is COc1cc(-c2ccc(CN(c3ccc4c(c3)CCC4)C3CCN(Cc4ccnc(-c5cc(OC)c(OC)c(OC)c5)c4)CC3)cc2)cc(OC)c1OC.Cl.Cl. The summed E-state index contributed by atoms with van der Waals surface area (Å²) in [5, 5.41) is 0. The van der Waals surface area contributed by atoms with E-state index in [4.69, 9.17) is 33.4 Å². The molecule has 1 aliphatic carbocycles. The van der Waals surface area contributed by atoms with Gasteiger partial charge in [0.25, 0.3) is 0 Å². The number of rotatable bonds is 14. The third-order valence-electron chi connectivity index (χ3n) is 10.9. The standard InChI is InChI=1S/C45H51N3O6.2ClH/c1-49-40-24-35(25-41(50-2)44(40)53-5)33-12-10-30(11-13-33)29-48(38-15-14-32-8-7-9-34(32)23-38)37-17-20-47(21-18-37)28-31-16-19-46-39(22-31)36-26-42(51-3)45(54-6)43(27-36)52-4;;/h10-16,19,22-27,37H,7-9,17-18,20-21,28-29H2,1-6H3;2*1H. The van der Waals surface area contributed by atoms with Gasteiger partial charge >= 0.3 is 0 Å². The summed E-state index contributed by atoms with van der Waals surface area (Å²) in [6, 6.07) is 28.7.